The number of nitrogens with one attached hydrogen (secondary N) is 1. The maximum absolute atomic E-state index is 11.7. The Balaban J connectivity index is 1.48. The molecule has 2 aliphatic carbocycles. The van der Waals surface area contributed by atoms with Crippen molar-refractivity contribution in [1.82, 2.24) is 20.1 Å². The molecule has 2 aromatic heterocycles. The molecule has 2 fully saturated rings. The van der Waals surface area contributed by atoms with Crippen LogP contribution < -0.4 is 5.32 Å². The minimum Gasteiger partial charge on any atom is -0.354 e. The van der Waals surface area contributed by atoms with Crippen molar-refractivity contribution in [1.29, 1.82) is 0 Å². The average molecular weight is 296 g/mol. The standard InChI is InChI=1S/C17H20N4O/c22-17(13-6-7-13)19-9-10-21-16(12-4-5-12)11-15(20-21)14-3-1-2-8-18-14/h1-3,8,11-13H,4-7,9-10H2,(H,19,22). The van der Waals surface area contributed by atoms with Gasteiger partial charge in [-0.1, -0.05) is 6.07 Å². The normalized spacial score (nSPS) is 17.5. The van der Waals surface area contributed by atoms with Crippen molar-refractivity contribution in [2.24, 2.45) is 5.92 Å². The fraction of sp³-hybridized carbons (Fsp3) is 0.471. The Labute approximate surface area is 129 Å². The van der Waals surface area contributed by atoms with E-state index in [0.29, 0.717) is 12.5 Å². The Kier molecular flexibility index (Phi) is 3.41. The fourth-order valence-electron chi connectivity index (χ4n) is 2.73. The van der Waals surface area contributed by atoms with Crippen LogP contribution in [0.5, 0.6) is 0 Å². The van der Waals surface area contributed by atoms with Crippen molar-refractivity contribution >= 4 is 5.91 Å². The number of hydrogen-bond donors (Lipinski definition) is 1. The first-order valence-corrected chi connectivity index (χ1v) is 8.08. The van der Waals surface area contributed by atoms with Gasteiger partial charge in [-0.25, -0.2) is 0 Å². The number of nitrogens with zero attached hydrogens (tertiary/aromatic N) is 3. The van der Waals surface area contributed by atoms with E-state index in [1.165, 1.54) is 18.5 Å². The predicted octanol–water partition coefficient (Wildman–Crippen LogP) is 2.35. The Hall–Kier alpha value is -2.17. The van der Waals surface area contributed by atoms with E-state index >= 15 is 0 Å². The molecule has 1 amide bonds. The van der Waals surface area contributed by atoms with Gasteiger partial charge < -0.3 is 5.32 Å². The summed E-state index contributed by atoms with van der Waals surface area (Å²) < 4.78 is 2.05. The summed E-state index contributed by atoms with van der Waals surface area (Å²) in [5.41, 5.74) is 3.11. The zero-order valence-corrected chi connectivity index (χ0v) is 12.5. The second-order valence-electron chi connectivity index (χ2n) is 6.23. The topological polar surface area (TPSA) is 59.8 Å². The SMILES string of the molecule is O=C(NCCn1nc(-c2ccccn2)cc1C1CC1)C1CC1. The van der Waals surface area contributed by atoms with Gasteiger partial charge in [-0.2, -0.15) is 5.10 Å². The van der Waals surface area contributed by atoms with E-state index in [-0.39, 0.29) is 11.8 Å². The molecule has 0 bridgehead atoms. The molecule has 0 spiro atoms. The van der Waals surface area contributed by atoms with Gasteiger partial charge in [0.1, 0.15) is 5.69 Å². The quantitative estimate of drug-likeness (QED) is 0.890. The van der Waals surface area contributed by atoms with Crippen molar-refractivity contribution in [3.05, 3.63) is 36.2 Å². The van der Waals surface area contributed by atoms with E-state index in [9.17, 15) is 4.79 Å². The number of aromatic nitrogens is 3. The summed E-state index contributed by atoms with van der Waals surface area (Å²) in [6, 6.07) is 8.03. The molecule has 0 aromatic carbocycles. The summed E-state index contributed by atoms with van der Waals surface area (Å²) >= 11 is 0. The molecule has 2 heterocycles. The highest BCUT2D eigenvalue weighted by Crippen LogP contribution is 2.41. The summed E-state index contributed by atoms with van der Waals surface area (Å²) in [4.78, 5) is 16.1. The van der Waals surface area contributed by atoms with Gasteiger partial charge in [0.25, 0.3) is 0 Å². The van der Waals surface area contributed by atoms with E-state index < -0.39 is 0 Å². The van der Waals surface area contributed by atoms with Gasteiger partial charge in [0.15, 0.2) is 0 Å². The van der Waals surface area contributed by atoms with Crippen LogP contribution >= 0.6 is 0 Å². The molecule has 2 aromatic rings. The second-order valence-corrected chi connectivity index (χ2v) is 6.23. The molecule has 1 N–H and O–H groups in total. The van der Waals surface area contributed by atoms with Crippen molar-refractivity contribution < 1.29 is 4.79 Å². The van der Waals surface area contributed by atoms with Crippen LogP contribution in [-0.2, 0) is 11.3 Å². The molecular weight excluding hydrogens is 276 g/mol. The van der Waals surface area contributed by atoms with E-state index in [1.807, 2.05) is 18.2 Å². The molecular formula is C17H20N4O. The summed E-state index contributed by atoms with van der Waals surface area (Å²) in [7, 11) is 0. The van der Waals surface area contributed by atoms with Crippen LogP contribution in [-0.4, -0.2) is 27.2 Å². The van der Waals surface area contributed by atoms with Crippen molar-refractivity contribution in [2.75, 3.05) is 6.54 Å². The van der Waals surface area contributed by atoms with Gasteiger partial charge in [0, 0.05) is 30.3 Å². The molecule has 0 atom stereocenters. The second kappa shape index (κ2) is 5.55. The van der Waals surface area contributed by atoms with Crippen molar-refractivity contribution in [2.45, 2.75) is 38.1 Å². The highest BCUT2D eigenvalue weighted by Gasteiger charge is 2.30. The van der Waals surface area contributed by atoms with Crippen molar-refractivity contribution in [3.63, 3.8) is 0 Å². The first-order valence-electron chi connectivity index (χ1n) is 8.08. The molecule has 22 heavy (non-hydrogen) atoms. The number of amides is 1. The molecule has 2 saturated carbocycles. The first-order chi connectivity index (χ1) is 10.8. The fourth-order valence-corrected chi connectivity index (χ4v) is 2.73. The van der Waals surface area contributed by atoms with Crippen LogP contribution in [0, 0.1) is 5.92 Å². The third kappa shape index (κ3) is 2.89. The molecule has 2 aliphatic rings. The maximum Gasteiger partial charge on any atom is 0.223 e. The highest BCUT2D eigenvalue weighted by molar-refractivity contribution is 5.80. The lowest BCUT2D eigenvalue weighted by Gasteiger charge is -2.07. The molecule has 0 saturated heterocycles. The third-order valence-electron chi connectivity index (χ3n) is 4.31. The van der Waals surface area contributed by atoms with Gasteiger partial charge in [-0.05, 0) is 43.9 Å². The zero-order chi connectivity index (χ0) is 14.9. The van der Waals surface area contributed by atoms with Crippen LogP contribution in [0.15, 0.2) is 30.5 Å². The summed E-state index contributed by atoms with van der Waals surface area (Å²) in [6.45, 7) is 1.38. The van der Waals surface area contributed by atoms with Gasteiger partial charge in [-0.15, -0.1) is 0 Å². The predicted molar refractivity (Wildman–Crippen MR) is 83.2 cm³/mol. The Morgan fingerprint density at radius 3 is 2.77 bits per heavy atom. The molecule has 0 unspecified atom stereocenters. The minimum absolute atomic E-state index is 0.199. The lowest BCUT2D eigenvalue weighted by Crippen LogP contribution is -2.29. The van der Waals surface area contributed by atoms with E-state index in [1.54, 1.807) is 6.20 Å². The van der Waals surface area contributed by atoms with Crippen LogP contribution in [0.1, 0.15) is 37.3 Å². The monoisotopic (exact) mass is 296 g/mol. The number of hydrogen-bond acceptors (Lipinski definition) is 3. The van der Waals surface area contributed by atoms with E-state index in [2.05, 4.69) is 21.0 Å². The van der Waals surface area contributed by atoms with E-state index in [4.69, 9.17) is 5.10 Å². The smallest absolute Gasteiger partial charge is 0.223 e. The van der Waals surface area contributed by atoms with Crippen molar-refractivity contribution in [3.8, 4) is 11.4 Å². The van der Waals surface area contributed by atoms with Gasteiger partial charge in [-0.3, -0.25) is 14.5 Å². The van der Waals surface area contributed by atoms with Crippen LogP contribution in [0.4, 0.5) is 0 Å². The third-order valence-corrected chi connectivity index (χ3v) is 4.31. The van der Waals surface area contributed by atoms with E-state index in [0.717, 1.165) is 30.8 Å². The van der Waals surface area contributed by atoms with Gasteiger partial charge in [0.2, 0.25) is 5.91 Å². The summed E-state index contributed by atoms with van der Waals surface area (Å²) in [6.07, 6.45) is 6.36. The van der Waals surface area contributed by atoms with Gasteiger partial charge >= 0.3 is 0 Å². The Bertz CT molecular complexity index is 671. The molecule has 0 radical (unpaired) electrons. The minimum atomic E-state index is 0.199. The summed E-state index contributed by atoms with van der Waals surface area (Å²) in [5, 5.41) is 7.72. The Morgan fingerprint density at radius 1 is 1.23 bits per heavy atom. The molecule has 4 rings (SSSR count). The molecule has 5 heteroatoms. The largest absolute Gasteiger partial charge is 0.354 e. The summed E-state index contributed by atoms with van der Waals surface area (Å²) in [5.74, 6) is 1.10. The van der Waals surface area contributed by atoms with Gasteiger partial charge in [0.05, 0.1) is 12.2 Å². The molecule has 5 nitrogen and oxygen atoms in total. The lowest BCUT2D eigenvalue weighted by molar-refractivity contribution is -0.122. The number of rotatable bonds is 6. The first kappa shape index (κ1) is 13.5. The zero-order valence-electron chi connectivity index (χ0n) is 12.5. The van der Waals surface area contributed by atoms with Crippen LogP contribution in [0.25, 0.3) is 11.4 Å². The van der Waals surface area contributed by atoms with Crippen LogP contribution in [0.2, 0.25) is 0 Å². The number of pyridine rings is 1. The molecule has 114 valence electrons. The number of carbonyl (C=O) groups is 1. The lowest BCUT2D eigenvalue weighted by atomic mass is 10.2. The molecule has 0 aliphatic heterocycles. The Morgan fingerprint density at radius 2 is 2.09 bits per heavy atom. The maximum atomic E-state index is 11.7. The van der Waals surface area contributed by atoms with Crippen LogP contribution in [0.3, 0.4) is 0 Å². The highest BCUT2D eigenvalue weighted by atomic mass is 16.2. The average Bonchev–Trinajstić information content (AvgIpc) is 3.45. The number of carbonyl (C=O) groups excluding carboxylic acids is 1.